The zero-order valence-electron chi connectivity index (χ0n) is 17.2. The van der Waals surface area contributed by atoms with Gasteiger partial charge in [-0.25, -0.2) is 4.98 Å². The first-order valence-corrected chi connectivity index (χ1v) is 9.39. The van der Waals surface area contributed by atoms with Crippen molar-refractivity contribution in [2.24, 2.45) is 0 Å². The average Bonchev–Trinajstić information content (AvgIpc) is 2.97. The van der Waals surface area contributed by atoms with E-state index in [0.717, 1.165) is 29.4 Å². The van der Waals surface area contributed by atoms with Crippen LogP contribution in [0, 0.1) is 27.7 Å². The highest BCUT2D eigenvalue weighted by Gasteiger charge is 2.12. The van der Waals surface area contributed by atoms with Crippen molar-refractivity contribution in [3.8, 4) is 22.8 Å². The smallest absolute Gasteiger partial charge is 0.137 e. The molecule has 4 heteroatoms. The number of benzene rings is 1. The minimum atomic E-state index is 0.687. The molecular formula is C23H29N3O. The van der Waals surface area contributed by atoms with Gasteiger partial charge in [0.1, 0.15) is 18.2 Å². The van der Waals surface area contributed by atoms with Crippen LogP contribution in [0.2, 0.25) is 0 Å². The Kier molecular flexibility index (Phi) is 5.66. The monoisotopic (exact) mass is 363 g/mol. The summed E-state index contributed by atoms with van der Waals surface area (Å²) in [5.74, 6) is 1.90. The molecule has 2 heterocycles. The van der Waals surface area contributed by atoms with E-state index in [-0.39, 0.29) is 0 Å². The Hall–Kier alpha value is -2.59. The number of pyridine rings is 1. The van der Waals surface area contributed by atoms with Crippen molar-refractivity contribution in [1.29, 1.82) is 0 Å². The predicted octanol–water partition coefficient (Wildman–Crippen LogP) is 4.71. The molecule has 0 atom stereocenters. The first-order chi connectivity index (χ1) is 12.9. The highest BCUT2D eigenvalue weighted by molar-refractivity contribution is 5.67. The SMILES string of the molecule is Cc1c(OCCN(C)C)ccc(-c2cccc(-n3c(C)ccc3C)n2)c1C. The highest BCUT2D eigenvalue weighted by Crippen LogP contribution is 2.31. The molecule has 0 bridgehead atoms. The number of nitrogens with zero attached hydrogens (tertiary/aromatic N) is 3. The van der Waals surface area contributed by atoms with E-state index in [4.69, 9.17) is 9.72 Å². The zero-order valence-corrected chi connectivity index (χ0v) is 17.2. The van der Waals surface area contributed by atoms with E-state index in [2.05, 4.69) is 93.7 Å². The fraction of sp³-hybridized carbons (Fsp3) is 0.348. The van der Waals surface area contributed by atoms with Crippen LogP contribution in [0.5, 0.6) is 5.75 Å². The molecule has 0 spiro atoms. The molecule has 142 valence electrons. The summed E-state index contributed by atoms with van der Waals surface area (Å²) in [7, 11) is 4.11. The maximum Gasteiger partial charge on any atom is 0.137 e. The molecular weight excluding hydrogens is 334 g/mol. The van der Waals surface area contributed by atoms with Crippen molar-refractivity contribution in [2.45, 2.75) is 27.7 Å². The molecule has 0 saturated heterocycles. The van der Waals surface area contributed by atoms with Crippen LogP contribution in [0.3, 0.4) is 0 Å². The van der Waals surface area contributed by atoms with Gasteiger partial charge in [0, 0.05) is 23.5 Å². The van der Waals surface area contributed by atoms with Crippen LogP contribution in [0.25, 0.3) is 17.1 Å². The first-order valence-electron chi connectivity index (χ1n) is 9.39. The third kappa shape index (κ3) is 4.06. The standard InChI is InChI=1S/C23H29N3O/c1-16-10-11-17(2)26(16)23-9-7-8-21(24-23)20-12-13-22(19(4)18(20)3)27-15-14-25(5)6/h7-13H,14-15H2,1-6H3. The lowest BCUT2D eigenvalue weighted by Crippen LogP contribution is -2.19. The minimum absolute atomic E-state index is 0.687. The molecule has 0 aliphatic carbocycles. The van der Waals surface area contributed by atoms with E-state index in [1.165, 1.54) is 22.5 Å². The maximum absolute atomic E-state index is 5.97. The molecule has 27 heavy (non-hydrogen) atoms. The van der Waals surface area contributed by atoms with Gasteiger partial charge in [-0.2, -0.15) is 0 Å². The molecule has 1 aromatic carbocycles. The number of rotatable bonds is 6. The third-order valence-electron chi connectivity index (χ3n) is 5.04. The number of likely N-dealkylation sites (N-methyl/N-ethyl adjacent to an activating group) is 1. The van der Waals surface area contributed by atoms with E-state index < -0.39 is 0 Å². The average molecular weight is 364 g/mol. The number of ether oxygens (including phenoxy) is 1. The molecule has 0 amide bonds. The summed E-state index contributed by atoms with van der Waals surface area (Å²) in [6, 6.07) is 14.6. The second kappa shape index (κ2) is 7.97. The van der Waals surface area contributed by atoms with Gasteiger partial charge in [0.2, 0.25) is 0 Å². The molecule has 0 N–H and O–H groups in total. The Labute approximate surface area is 162 Å². The van der Waals surface area contributed by atoms with Gasteiger partial charge >= 0.3 is 0 Å². The van der Waals surface area contributed by atoms with Gasteiger partial charge in [0.05, 0.1) is 5.69 Å². The van der Waals surface area contributed by atoms with Crippen LogP contribution in [-0.4, -0.2) is 41.7 Å². The molecule has 4 nitrogen and oxygen atoms in total. The number of aryl methyl sites for hydroxylation is 2. The van der Waals surface area contributed by atoms with Gasteiger partial charge in [0.15, 0.2) is 0 Å². The van der Waals surface area contributed by atoms with E-state index in [1.54, 1.807) is 0 Å². The van der Waals surface area contributed by atoms with Gasteiger partial charge in [-0.3, -0.25) is 0 Å². The van der Waals surface area contributed by atoms with E-state index in [0.29, 0.717) is 6.61 Å². The van der Waals surface area contributed by atoms with Crippen molar-refractivity contribution < 1.29 is 4.74 Å². The summed E-state index contributed by atoms with van der Waals surface area (Å²) in [6.45, 7) is 10.1. The zero-order chi connectivity index (χ0) is 19.6. The fourth-order valence-corrected chi connectivity index (χ4v) is 3.30. The van der Waals surface area contributed by atoms with Crippen molar-refractivity contribution in [1.82, 2.24) is 14.5 Å². The third-order valence-corrected chi connectivity index (χ3v) is 5.04. The Morgan fingerprint density at radius 2 is 1.59 bits per heavy atom. The molecule has 0 fully saturated rings. The number of hydrogen-bond acceptors (Lipinski definition) is 3. The summed E-state index contributed by atoms with van der Waals surface area (Å²) in [4.78, 5) is 7.06. The minimum Gasteiger partial charge on any atom is -0.492 e. The summed E-state index contributed by atoms with van der Waals surface area (Å²) >= 11 is 0. The molecule has 0 saturated carbocycles. The van der Waals surface area contributed by atoms with Gasteiger partial charge in [-0.15, -0.1) is 0 Å². The lowest BCUT2D eigenvalue weighted by atomic mass is 9.99. The van der Waals surface area contributed by atoms with Crippen molar-refractivity contribution in [3.05, 3.63) is 65.0 Å². The number of aromatic nitrogens is 2. The second-order valence-corrected chi connectivity index (χ2v) is 7.35. The Morgan fingerprint density at radius 3 is 2.26 bits per heavy atom. The highest BCUT2D eigenvalue weighted by atomic mass is 16.5. The first kappa shape index (κ1) is 19.2. The molecule has 3 aromatic rings. The maximum atomic E-state index is 5.97. The molecule has 3 rings (SSSR count). The largest absolute Gasteiger partial charge is 0.492 e. The van der Waals surface area contributed by atoms with Crippen molar-refractivity contribution in [3.63, 3.8) is 0 Å². The van der Waals surface area contributed by atoms with Crippen LogP contribution in [0.15, 0.2) is 42.5 Å². The lowest BCUT2D eigenvalue weighted by molar-refractivity contribution is 0.260. The van der Waals surface area contributed by atoms with E-state index in [9.17, 15) is 0 Å². The van der Waals surface area contributed by atoms with Gasteiger partial charge < -0.3 is 14.2 Å². The second-order valence-electron chi connectivity index (χ2n) is 7.35. The van der Waals surface area contributed by atoms with Crippen LogP contribution in [-0.2, 0) is 0 Å². The predicted molar refractivity (Wildman–Crippen MR) is 112 cm³/mol. The summed E-state index contributed by atoms with van der Waals surface area (Å²) in [5.41, 5.74) is 6.90. The van der Waals surface area contributed by atoms with Gasteiger partial charge in [-0.1, -0.05) is 6.07 Å². The molecule has 2 aromatic heterocycles. The fourth-order valence-electron chi connectivity index (χ4n) is 3.30. The molecule has 0 radical (unpaired) electrons. The summed E-state index contributed by atoms with van der Waals surface area (Å²) in [5, 5.41) is 0. The van der Waals surface area contributed by atoms with Crippen molar-refractivity contribution in [2.75, 3.05) is 27.2 Å². The molecule has 0 aliphatic heterocycles. The van der Waals surface area contributed by atoms with E-state index >= 15 is 0 Å². The van der Waals surface area contributed by atoms with E-state index in [1.807, 2.05) is 0 Å². The lowest BCUT2D eigenvalue weighted by Gasteiger charge is -2.16. The Balaban J connectivity index is 1.93. The van der Waals surface area contributed by atoms with Gasteiger partial charge in [-0.05, 0) is 89.3 Å². The van der Waals surface area contributed by atoms with Crippen LogP contribution in [0.1, 0.15) is 22.5 Å². The number of hydrogen-bond donors (Lipinski definition) is 0. The summed E-state index contributed by atoms with van der Waals surface area (Å²) in [6.07, 6.45) is 0. The van der Waals surface area contributed by atoms with Crippen LogP contribution >= 0.6 is 0 Å². The van der Waals surface area contributed by atoms with Gasteiger partial charge in [0.25, 0.3) is 0 Å². The quantitative estimate of drug-likeness (QED) is 0.635. The topological polar surface area (TPSA) is 30.3 Å². The van der Waals surface area contributed by atoms with Crippen molar-refractivity contribution >= 4 is 0 Å². The summed E-state index contributed by atoms with van der Waals surface area (Å²) < 4.78 is 8.15. The van der Waals surface area contributed by atoms with Crippen LogP contribution in [0.4, 0.5) is 0 Å². The normalized spacial score (nSPS) is 11.2. The Bertz CT molecular complexity index is 921. The Morgan fingerprint density at radius 1 is 0.889 bits per heavy atom. The molecule has 0 unspecified atom stereocenters. The van der Waals surface area contributed by atoms with Crippen LogP contribution < -0.4 is 4.74 Å². The molecule has 0 aliphatic rings.